The van der Waals surface area contributed by atoms with Crippen LogP contribution < -0.4 is 9.84 Å². The van der Waals surface area contributed by atoms with Crippen molar-refractivity contribution in [2.75, 3.05) is 5.75 Å². The molecule has 0 aliphatic rings. The lowest BCUT2D eigenvalue weighted by Crippen LogP contribution is -2.34. The van der Waals surface area contributed by atoms with Gasteiger partial charge in [-0.3, -0.25) is 9.08 Å². The van der Waals surface area contributed by atoms with Gasteiger partial charge in [0.25, 0.3) is 5.56 Å². The molecule has 0 radical (unpaired) electrons. The number of aromatic nitrogens is 2. The third kappa shape index (κ3) is 3.77. The maximum Gasteiger partial charge on any atom is 0.326 e. The van der Waals surface area contributed by atoms with Crippen LogP contribution >= 0.6 is 0 Å². The van der Waals surface area contributed by atoms with Gasteiger partial charge < -0.3 is 0 Å². The van der Waals surface area contributed by atoms with Crippen molar-refractivity contribution in [1.82, 2.24) is 9.71 Å². The van der Waals surface area contributed by atoms with Crippen LogP contribution in [0.5, 0.6) is 0 Å². The van der Waals surface area contributed by atoms with Crippen LogP contribution in [-0.4, -0.2) is 23.9 Å². The highest BCUT2D eigenvalue weighted by atomic mass is 32.2. The minimum Gasteiger partial charge on any atom is -0.282 e. The van der Waals surface area contributed by atoms with Crippen LogP contribution in [0.1, 0.15) is 18.3 Å². The summed E-state index contributed by atoms with van der Waals surface area (Å²) in [5.74, 6) is -0.154. The first kappa shape index (κ1) is 16.9. The molecule has 25 heavy (non-hydrogen) atoms. The van der Waals surface area contributed by atoms with Crippen molar-refractivity contribution in [1.29, 1.82) is 0 Å². The minimum absolute atomic E-state index is 0.101. The average Bonchev–Trinajstić information content (AvgIpc) is 2.63. The van der Waals surface area contributed by atoms with Gasteiger partial charge in [0.2, 0.25) is 0 Å². The van der Waals surface area contributed by atoms with E-state index in [0.29, 0.717) is 5.52 Å². The molecule has 0 bridgehead atoms. The number of nitrogens with zero attached hydrogens (tertiary/aromatic N) is 2. The van der Waals surface area contributed by atoms with E-state index in [0.717, 1.165) is 10.3 Å². The van der Waals surface area contributed by atoms with Gasteiger partial charge in [-0.2, -0.15) is 8.42 Å². The molecular formula is C18H16N2O4S. The molecule has 0 amide bonds. The van der Waals surface area contributed by atoms with Gasteiger partial charge in [0.1, 0.15) is 0 Å². The van der Waals surface area contributed by atoms with E-state index in [4.69, 9.17) is 4.28 Å². The Morgan fingerprint density at radius 3 is 2.44 bits per heavy atom. The smallest absolute Gasteiger partial charge is 0.282 e. The van der Waals surface area contributed by atoms with Crippen LogP contribution in [0.3, 0.4) is 0 Å². The molecule has 3 aromatic rings. The van der Waals surface area contributed by atoms with Gasteiger partial charge in [0.05, 0.1) is 16.7 Å². The van der Waals surface area contributed by atoms with Gasteiger partial charge in [-0.15, -0.1) is 4.73 Å². The third-order valence-electron chi connectivity index (χ3n) is 3.53. The maximum absolute atomic E-state index is 12.7. The number of para-hydroxylation sites is 1. The highest BCUT2D eigenvalue weighted by molar-refractivity contribution is 7.86. The number of fused-ring (bicyclic) bond motifs is 1. The summed E-state index contributed by atoms with van der Waals surface area (Å²) < 4.78 is 29.4. The number of benzene rings is 2. The summed E-state index contributed by atoms with van der Waals surface area (Å²) in [4.78, 5) is 17.0. The Morgan fingerprint density at radius 1 is 1.04 bits per heavy atom. The standard InChI is InChI=1S/C18H16N2O4S/c1-2-25(22,23)24-20-17(13-12-14-8-4-3-5-9-14)19-16-11-7-6-10-15(16)18(20)21/h3-13H,2H2,1H3/b13-12+. The lowest BCUT2D eigenvalue weighted by Gasteiger charge is -2.11. The summed E-state index contributed by atoms with van der Waals surface area (Å²) in [6.45, 7) is 1.44. The van der Waals surface area contributed by atoms with Crippen molar-refractivity contribution in [3.63, 3.8) is 0 Å². The molecule has 0 saturated carbocycles. The lowest BCUT2D eigenvalue weighted by atomic mass is 10.2. The van der Waals surface area contributed by atoms with Crippen LogP contribution in [-0.2, 0) is 10.1 Å². The van der Waals surface area contributed by atoms with Crippen molar-refractivity contribution in [2.45, 2.75) is 6.92 Å². The summed E-state index contributed by atoms with van der Waals surface area (Å²) in [6, 6.07) is 16.1. The molecule has 0 fully saturated rings. The maximum atomic E-state index is 12.7. The van der Waals surface area contributed by atoms with E-state index < -0.39 is 15.7 Å². The zero-order chi connectivity index (χ0) is 17.9. The molecule has 2 aromatic carbocycles. The van der Waals surface area contributed by atoms with Gasteiger partial charge in [-0.25, -0.2) is 4.98 Å². The van der Waals surface area contributed by atoms with Crippen LogP contribution in [0.25, 0.3) is 23.1 Å². The Bertz CT molecular complexity index is 1090. The largest absolute Gasteiger partial charge is 0.326 e. The lowest BCUT2D eigenvalue weighted by molar-refractivity contribution is 0.263. The van der Waals surface area contributed by atoms with E-state index in [9.17, 15) is 13.2 Å². The van der Waals surface area contributed by atoms with E-state index >= 15 is 0 Å². The van der Waals surface area contributed by atoms with Crippen molar-refractivity contribution >= 4 is 33.2 Å². The van der Waals surface area contributed by atoms with Gasteiger partial charge in [-0.05, 0) is 30.7 Å². The number of rotatable bonds is 5. The zero-order valence-electron chi connectivity index (χ0n) is 13.5. The summed E-state index contributed by atoms with van der Waals surface area (Å²) in [5, 5.41) is 0.283. The predicted molar refractivity (Wildman–Crippen MR) is 97.4 cm³/mol. The Labute approximate surface area is 145 Å². The Morgan fingerprint density at radius 2 is 1.72 bits per heavy atom. The molecular weight excluding hydrogens is 340 g/mol. The molecule has 1 heterocycles. The molecule has 0 aliphatic carbocycles. The summed E-state index contributed by atoms with van der Waals surface area (Å²) >= 11 is 0. The van der Waals surface area contributed by atoms with E-state index in [-0.39, 0.29) is 17.0 Å². The van der Waals surface area contributed by atoms with E-state index in [1.807, 2.05) is 30.3 Å². The molecule has 0 N–H and O–H groups in total. The molecule has 1 aromatic heterocycles. The topological polar surface area (TPSA) is 78.3 Å². The Balaban J connectivity index is 2.18. The van der Waals surface area contributed by atoms with Gasteiger partial charge in [-0.1, -0.05) is 48.5 Å². The summed E-state index contributed by atoms with van der Waals surface area (Å²) in [6.07, 6.45) is 3.28. The van der Waals surface area contributed by atoms with Gasteiger partial charge in [0, 0.05) is 0 Å². The molecule has 0 unspecified atom stereocenters. The second kappa shape index (κ2) is 6.90. The second-order valence-corrected chi connectivity index (χ2v) is 7.09. The van der Waals surface area contributed by atoms with Crippen molar-refractivity contribution in [3.05, 3.63) is 76.3 Å². The number of hydrogen-bond acceptors (Lipinski definition) is 5. The number of hydrogen-bond donors (Lipinski definition) is 0. The zero-order valence-corrected chi connectivity index (χ0v) is 14.3. The molecule has 7 heteroatoms. The van der Waals surface area contributed by atoms with E-state index in [2.05, 4.69) is 4.98 Å². The first-order valence-electron chi connectivity index (χ1n) is 7.68. The molecule has 0 saturated heterocycles. The minimum atomic E-state index is -3.88. The van der Waals surface area contributed by atoms with E-state index in [1.165, 1.54) is 6.92 Å². The van der Waals surface area contributed by atoms with Crippen LogP contribution in [0, 0.1) is 0 Å². The van der Waals surface area contributed by atoms with Gasteiger partial charge in [0.15, 0.2) is 5.82 Å². The Kier molecular flexibility index (Phi) is 4.67. The van der Waals surface area contributed by atoms with Crippen molar-refractivity contribution < 1.29 is 12.7 Å². The molecule has 128 valence electrons. The molecule has 0 spiro atoms. The quantitative estimate of drug-likeness (QED) is 0.701. The first-order chi connectivity index (χ1) is 12.0. The summed E-state index contributed by atoms with van der Waals surface area (Å²) in [5.41, 5.74) is 0.777. The first-order valence-corrected chi connectivity index (χ1v) is 9.25. The molecule has 0 atom stereocenters. The fourth-order valence-electron chi connectivity index (χ4n) is 2.21. The van der Waals surface area contributed by atoms with Gasteiger partial charge >= 0.3 is 10.1 Å². The SMILES string of the molecule is CCS(=O)(=O)On1c(/C=C/c2ccccc2)nc2ccccc2c1=O. The monoisotopic (exact) mass is 356 g/mol. The third-order valence-corrected chi connectivity index (χ3v) is 4.61. The molecule has 0 aliphatic heterocycles. The normalized spacial score (nSPS) is 11.9. The molecule has 6 nitrogen and oxygen atoms in total. The second-order valence-electron chi connectivity index (χ2n) is 5.25. The Hall–Kier alpha value is -2.93. The van der Waals surface area contributed by atoms with Crippen LogP contribution in [0.2, 0.25) is 0 Å². The van der Waals surface area contributed by atoms with E-state index in [1.54, 1.807) is 36.4 Å². The highest BCUT2D eigenvalue weighted by Gasteiger charge is 2.16. The highest BCUT2D eigenvalue weighted by Crippen LogP contribution is 2.11. The van der Waals surface area contributed by atoms with Crippen LogP contribution in [0.4, 0.5) is 0 Å². The molecule has 3 rings (SSSR count). The predicted octanol–water partition coefficient (Wildman–Crippen LogP) is 2.35. The van der Waals surface area contributed by atoms with Crippen molar-refractivity contribution in [2.24, 2.45) is 0 Å². The van der Waals surface area contributed by atoms with Crippen molar-refractivity contribution in [3.8, 4) is 0 Å². The summed E-state index contributed by atoms with van der Waals surface area (Å²) in [7, 11) is -3.88. The van der Waals surface area contributed by atoms with Crippen LogP contribution in [0.15, 0.2) is 59.4 Å². The fourth-order valence-corrected chi connectivity index (χ4v) is 2.69. The fraction of sp³-hybridized carbons (Fsp3) is 0.111. The average molecular weight is 356 g/mol.